The van der Waals surface area contributed by atoms with Crippen LogP contribution < -0.4 is 21.1 Å². The monoisotopic (exact) mass is 545 g/mol. The molecule has 1 unspecified atom stereocenters. The summed E-state index contributed by atoms with van der Waals surface area (Å²) in [5.74, 6) is -0.363. The molecule has 1 aromatic heterocycles. The second kappa shape index (κ2) is 12.6. The van der Waals surface area contributed by atoms with Crippen LogP contribution in [0, 0.1) is 11.6 Å². The predicted molar refractivity (Wildman–Crippen MR) is 131 cm³/mol. The first kappa shape index (κ1) is 25.1. The van der Waals surface area contributed by atoms with Gasteiger partial charge in [0, 0.05) is 51.0 Å². The summed E-state index contributed by atoms with van der Waals surface area (Å²) in [7, 11) is 0. The number of nitrogens with one attached hydrogen (secondary N) is 2. The van der Waals surface area contributed by atoms with Gasteiger partial charge >= 0.3 is 0 Å². The SMILES string of the molecule is CCNC(=NCCCCn1ccccc1=O)NC1CCN(c2c(F)cccc2F)C1.I. The molecular formula is C22H30F2IN5O. The van der Waals surface area contributed by atoms with E-state index in [4.69, 9.17) is 0 Å². The molecule has 6 nitrogen and oxygen atoms in total. The van der Waals surface area contributed by atoms with Gasteiger partial charge in [-0.05, 0) is 44.4 Å². The van der Waals surface area contributed by atoms with Crippen molar-refractivity contribution in [2.75, 3.05) is 31.1 Å². The fourth-order valence-electron chi connectivity index (χ4n) is 3.62. The van der Waals surface area contributed by atoms with Gasteiger partial charge in [0.25, 0.3) is 0 Å². The van der Waals surface area contributed by atoms with Gasteiger partial charge in [0.15, 0.2) is 5.96 Å². The third-order valence-electron chi connectivity index (χ3n) is 5.10. The highest BCUT2D eigenvalue weighted by Gasteiger charge is 2.27. The molecule has 1 aromatic carbocycles. The van der Waals surface area contributed by atoms with Gasteiger partial charge in [-0.25, -0.2) is 8.78 Å². The molecule has 1 atom stereocenters. The van der Waals surface area contributed by atoms with Crippen molar-refractivity contribution in [2.24, 2.45) is 4.99 Å². The van der Waals surface area contributed by atoms with Crippen LogP contribution in [0.3, 0.4) is 0 Å². The third kappa shape index (κ3) is 7.19. The summed E-state index contributed by atoms with van der Waals surface area (Å²) < 4.78 is 29.8. The molecule has 0 saturated carbocycles. The summed E-state index contributed by atoms with van der Waals surface area (Å²) in [5, 5.41) is 6.59. The normalized spacial score (nSPS) is 16.2. The summed E-state index contributed by atoms with van der Waals surface area (Å²) in [4.78, 5) is 18.0. The molecule has 170 valence electrons. The smallest absolute Gasteiger partial charge is 0.250 e. The minimum atomic E-state index is -0.534. The average Bonchev–Trinajstić information content (AvgIpc) is 3.17. The van der Waals surface area contributed by atoms with E-state index in [9.17, 15) is 13.6 Å². The van der Waals surface area contributed by atoms with E-state index in [1.54, 1.807) is 27.8 Å². The second-order valence-electron chi connectivity index (χ2n) is 7.35. The largest absolute Gasteiger partial charge is 0.365 e. The quantitative estimate of drug-likeness (QED) is 0.231. The molecule has 2 heterocycles. The van der Waals surface area contributed by atoms with Gasteiger partial charge in [-0.2, -0.15) is 0 Å². The van der Waals surface area contributed by atoms with Gasteiger partial charge in [-0.1, -0.05) is 12.1 Å². The van der Waals surface area contributed by atoms with E-state index in [1.165, 1.54) is 18.2 Å². The zero-order valence-corrected chi connectivity index (χ0v) is 20.0. The summed E-state index contributed by atoms with van der Waals surface area (Å²) in [5.41, 5.74) is 0.0491. The Bertz CT molecular complexity index is 901. The minimum absolute atomic E-state index is 0. The standard InChI is InChI=1S/C22H29F2N5O.HI/c1-2-25-22(26-12-4-6-14-28-13-5-3-10-20(28)30)27-17-11-15-29(16-17)21-18(23)8-7-9-19(21)24;/h3,5,7-10,13,17H,2,4,6,11-12,14-16H2,1H3,(H2,25,26,27);1H. The highest BCUT2D eigenvalue weighted by molar-refractivity contribution is 14.0. The average molecular weight is 545 g/mol. The molecule has 1 aliphatic heterocycles. The molecule has 31 heavy (non-hydrogen) atoms. The van der Waals surface area contributed by atoms with E-state index >= 15 is 0 Å². The van der Waals surface area contributed by atoms with Crippen LogP contribution in [-0.2, 0) is 6.54 Å². The zero-order valence-electron chi connectivity index (χ0n) is 17.7. The van der Waals surface area contributed by atoms with Gasteiger partial charge in [0.1, 0.15) is 17.3 Å². The van der Waals surface area contributed by atoms with Gasteiger partial charge < -0.3 is 20.1 Å². The predicted octanol–water partition coefficient (Wildman–Crippen LogP) is 3.36. The number of anilines is 1. The lowest BCUT2D eigenvalue weighted by molar-refractivity contribution is 0.575. The van der Waals surface area contributed by atoms with E-state index < -0.39 is 11.6 Å². The zero-order chi connectivity index (χ0) is 21.3. The summed E-state index contributed by atoms with van der Waals surface area (Å²) in [6.07, 6.45) is 4.28. The Morgan fingerprint density at radius 1 is 1.16 bits per heavy atom. The molecule has 1 aliphatic rings. The molecule has 2 aromatic rings. The number of hydrogen-bond donors (Lipinski definition) is 2. The minimum Gasteiger partial charge on any atom is -0.365 e. The van der Waals surface area contributed by atoms with Crippen LogP contribution in [-0.4, -0.2) is 42.7 Å². The van der Waals surface area contributed by atoms with E-state index in [0.29, 0.717) is 32.1 Å². The van der Waals surface area contributed by atoms with Gasteiger partial charge in [0.05, 0.1) is 0 Å². The lowest BCUT2D eigenvalue weighted by Crippen LogP contribution is -2.44. The number of aromatic nitrogens is 1. The Morgan fingerprint density at radius 3 is 2.65 bits per heavy atom. The number of unbranched alkanes of at least 4 members (excludes halogenated alkanes) is 1. The van der Waals surface area contributed by atoms with Crippen LogP contribution in [0.2, 0.25) is 0 Å². The number of para-hydroxylation sites is 1. The molecule has 0 radical (unpaired) electrons. The molecule has 3 rings (SSSR count). The second-order valence-corrected chi connectivity index (χ2v) is 7.35. The Balaban J connectivity index is 0.00000341. The van der Waals surface area contributed by atoms with Crippen molar-refractivity contribution in [3.8, 4) is 0 Å². The fraction of sp³-hybridized carbons (Fsp3) is 0.455. The highest BCUT2D eigenvalue weighted by Crippen LogP contribution is 2.26. The molecule has 0 spiro atoms. The van der Waals surface area contributed by atoms with E-state index in [2.05, 4.69) is 15.6 Å². The molecule has 1 fully saturated rings. The number of halogens is 3. The third-order valence-corrected chi connectivity index (χ3v) is 5.10. The van der Waals surface area contributed by atoms with Gasteiger partial charge in [-0.3, -0.25) is 9.79 Å². The fourth-order valence-corrected chi connectivity index (χ4v) is 3.62. The van der Waals surface area contributed by atoms with E-state index in [0.717, 1.165) is 25.8 Å². The summed E-state index contributed by atoms with van der Waals surface area (Å²) >= 11 is 0. The first-order valence-electron chi connectivity index (χ1n) is 10.5. The number of aliphatic imine (C=N–C) groups is 1. The molecule has 0 amide bonds. The number of nitrogens with zero attached hydrogens (tertiary/aromatic N) is 3. The molecular weight excluding hydrogens is 515 g/mol. The van der Waals surface area contributed by atoms with Crippen LogP contribution in [0.25, 0.3) is 0 Å². The van der Waals surface area contributed by atoms with Crippen molar-refractivity contribution in [2.45, 2.75) is 38.8 Å². The van der Waals surface area contributed by atoms with Crippen molar-refractivity contribution >= 4 is 35.6 Å². The number of pyridine rings is 1. The molecule has 0 bridgehead atoms. The van der Waals surface area contributed by atoms with Crippen molar-refractivity contribution in [3.05, 3.63) is 64.6 Å². The number of guanidine groups is 1. The number of rotatable bonds is 8. The van der Waals surface area contributed by atoms with Crippen LogP contribution >= 0.6 is 24.0 Å². The topological polar surface area (TPSA) is 61.7 Å². The molecule has 2 N–H and O–H groups in total. The van der Waals surface area contributed by atoms with Gasteiger partial charge in [0.2, 0.25) is 5.56 Å². The Morgan fingerprint density at radius 2 is 1.94 bits per heavy atom. The lowest BCUT2D eigenvalue weighted by Gasteiger charge is -2.21. The van der Waals surface area contributed by atoms with Crippen LogP contribution in [0.15, 0.2) is 52.4 Å². The first-order chi connectivity index (χ1) is 14.6. The highest BCUT2D eigenvalue weighted by atomic mass is 127. The maximum absolute atomic E-state index is 14.0. The van der Waals surface area contributed by atoms with Crippen LogP contribution in [0.1, 0.15) is 26.2 Å². The maximum Gasteiger partial charge on any atom is 0.250 e. The van der Waals surface area contributed by atoms with Gasteiger partial charge in [-0.15, -0.1) is 24.0 Å². The van der Waals surface area contributed by atoms with Crippen molar-refractivity contribution < 1.29 is 8.78 Å². The van der Waals surface area contributed by atoms with Crippen molar-refractivity contribution in [1.29, 1.82) is 0 Å². The number of hydrogen-bond acceptors (Lipinski definition) is 3. The number of benzene rings is 1. The molecule has 0 aliphatic carbocycles. The van der Waals surface area contributed by atoms with E-state index in [1.807, 2.05) is 13.0 Å². The Kier molecular flexibility index (Phi) is 10.2. The van der Waals surface area contributed by atoms with Crippen molar-refractivity contribution in [1.82, 2.24) is 15.2 Å². The van der Waals surface area contributed by atoms with Crippen molar-refractivity contribution in [3.63, 3.8) is 0 Å². The number of aryl methyl sites for hydroxylation is 1. The molecule has 1 saturated heterocycles. The summed E-state index contributed by atoms with van der Waals surface area (Å²) in [6, 6.07) is 9.16. The molecule has 9 heteroatoms. The first-order valence-corrected chi connectivity index (χ1v) is 10.5. The maximum atomic E-state index is 14.0. The lowest BCUT2D eigenvalue weighted by atomic mass is 10.2. The summed E-state index contributed by atoms with van der Waals surface area (Å²) in [6.45, 7) is 5.12. The van der Waals surface area contributed by atoms with Crippen LogP contribution in [0.4, 0.5) is 14.5 Å². The van der Waals surface area contributed by atoms with Crippen LogP contribution in [0.5, 0.6) is 0 Å². The Labute approximate surface area is 198 Å². The van der Waals surface area contributed by atoms with E-state index in [-0.39, 0.29) is 41.3 Å². The Hall–Kier alpha value is -2.17.